The Bertz CT molecular complexity index is 234. The number of fused-ring (bicyclic) bond motifs is 1. The van der Waals surface area contributed by atoms with Crippen molar-refractivity contribution in [1.82, 2.24) is 9.80 Å². The van der Waals surface area contributed by atoms with Gasteiger partial charge in [-0.15, -0.1) is 0 Å². The normalized spacial score (nSPS) is 34.2. The molecule has 2 rings (SSSR count). The molecular formula is C12H24N2O3. The van der Waals surface area contributed by atoms with Crippen molar-refractivity contribution >= 4 is 0 Å². The first-order valence-electron chi connectivity index (χ1n) is 6.64. The van der Waals surface area contributed by atoms with Gasteiger partial charge in [-0.05, 0) is 25.8 Å². The number of hydrogen-bond donors (Lipinski definition) is 3. The highest BCUT2D eigenvalue weighted by Gasteiger charge is 2.39. The van der Waals surface area contributed by atoms with Crippen LogP contribution >= 0.6 is 0 Å². The maximum absolute atomic E-state index is 10.1. The van der Waals surface area contributed by atoms with Gasteiger partial charge in [0.15, 0.2) is 0 Å². The van der Waals surface area contributed by atoms with E-state index in [-0.39, 0.29) is 25.4 Å². The Balaban J connectivity index is 1.95. The zero-order valence-electron chi connectivity index (χ0n) is 10.3. The lowest BCUT2D eigenvalue weighted by Gasteiger charge is -2.43. The van der Waals surface area contributed by atoms with E-state index in [2.05, 4.69) is 9.80 Å². The summed E-state index contributed by atoms with van der Waals surface area (Å²) >= 11 is 0. The third-order valence-electron chi connectivity index (χ3n) is 4.11. The Morgan fingerprint density at radius 3 is 2.53 bits per heavy atom. The first-order valence-corrected chi connectivity index (χ1v) is 6.64. The minimum Gasteiger partial charge on any atom is -0.395 e. The van der Waals surface area contributed by atoms with Gasteiger partial charge in [0.1, 0.15) is 0 Å². The molecule has 2 fully saturated rings. The number of nitrogens with zero attached hydrogens (tertiary/aromatic N) is 2. The minimum absolute atomic E-state index is 0.107. The summed E-state index contributed by atoms with van der Waals surface area (Å²) in [5.41, 5.74) is 0. The average Bonchev–Trinajstić information content (AvgIpc) is 2.77. The standard InChI is InChI=1S/C12H24N2O3/c15-6-4-13(5-7-16)10-8-12(17)11-2-1-3-14(11)9-10/h10-12,15-17H,1-9H2. The zero-order chi connectivity index (χ0) is 12.3. The SMILES string of the molecule is OCCN(CCO)C1CC(O)C2CCCN2C1. The fourth-order valence-electron chi connectivity index (χ4n) is 3.29. The van der Waals surface area contributed by atoms with Gasteiger partial charge < -0.3 is 15.3 Å². The molecule has 2 aliphatic heterocycles. The fourth-order valence-corrected chi connectivity index (χ4v) is 3.29. The van der Waals surface area contributed by atoms with Crippen LogP contribution in [0.4, 0.5) is 0 Å². The van der Waals surface area contributed by atoms with Crippen molar-refractivity contribution in [1.29, 1.82) is 0 Å². The van der Waals surface area contributed by atoms with E-state index in [0.717, 1.165) is 25.9 Å². The molecule has 0 aromatic carbocycles. The largest absolute Gasteiger partial charge is 0.395 e. The van der Waals surface area contributed by atoms with E-state index in [9.17, 15) is 5.11 Å². The summed E-state index contributed by atoms with van der Waals surface area (Å²) in [6.45, 7) is 3.41. The molecule has 0 bridgehead atoms. The lowest BCUT2D eigenvalue weighted by Crippen LogP contribution is -2.56. The van der Waals surface area contributed by atoms with Crippen LogP contribution < -0.4 is 0 Å². The molecule has 0 saturated carbocycles. The molecule has 5 heteroatoms. The quantitative estimate of drug-likeness (QED) is 0.571. The van der Waals surface area contributed by atoms with Crippen LogP contribution in [-0.2, 0) is 0 Å². The molecule has 0 aromatic rings. The van der Waals surface area contributed by atoms with Crippen LogP contribution in [0.2, 0.25) is 0 Å². The van der Waals surface area contributed by atoms with Crippen LogP contribution in [0.1, 0.15) is 19.3 Å². The first-order chi connectivity index (χ1) is 8.26. The molecule has 5 nitrogen and oxygen atoms in total. The van der Waals surface area contributed by atoms with Crippen molar-refractivity contribution in [3.05, 3.63) is 0 Å². The van der Waals surface area contributed by atoms with Gasteiger partial charge in [-0.2, -0.15) is 0 Å². The summed E-state index contributed by atoms with van der Waals surface area (Å²) in [5.74, 6) is 0. The summed E-state index contributed by atoms with van der Waals surface area (Å²) in [6.07, 6.45) is 2.79. The molecule has 0 amide bonds. The van der Waals surface area contributed by atoms with Crippen molar-refractivity contribution in [3.63, 3.8) is 0 Å². The third-order valence-corrected chi connectivity index (χ3v) is 4.11. The highest BCUT2D eigenvalue weighted by Crippen LogP contribution is 2.29. The lowest BCUT2D eigenvalue weighted by atomic mass is 9.94. The molecule has 2 aliphatic rings. The molecule has 17 heavy (non-hydrogen) atoms. The Labute approximate surface area is 103 Å². The van der Waals surface area contributed by atoms with Crippen molar-refractivity contribution in [3.8, 4) is 0 Å². The topological polar surface area (TPSA) is 67.2 Å². The van der Waals surface area contributed by atoms with Gasteiger partial charge in [0.05, 0.1) is 19.3 Å². The van der Waals surface area contributed by atoms with Gasteiger partial charge in [-0.3, -0.25) is 9.80 Å². The van der Waals surface area contributed by atoms with Crippen LogP contribution in [-0.4, -0.2) is 82.7 Å². The smallest absolute Gasteiger partial charge is 0.0710 e. The second-order valence-corrected chi connectivity index (χ2v) is 5.14. The van der Waals surface area contributed by atoms with Gasteiger partial charge >= 0.3 is 0 Å². The van der Waals surface area contributed by atoms with Crippen LogP contribution in [0.25, 0.3) is 0 Å². The average molecular weight is 244 g/mol. The predicted octanol–water partition coefficient (Wildman–Crippen LogP) is -1.13. The summed E-state index contributed by atoms with van der Waals surface area (Å²) in [4.78, 5) is 4.46. The molecule has 3 atom stereocenters. The second-order valence-electron chi connectivity index (χ2n) is 5.14. The van der Waals surface area contributed by atoms with E-state index in [1.807, 2.05) is 0 Å². The van der Waals surface area contributed by atoms with E-state index in [0.29, 0.717) is 19.1 Å². The van der Waals surface area contributed by atoms with Crippen LogP contribution in [0.15, 0.2) is 0 Å². The van der Waals surface area contributed by atoms with Crippen molar-refractivity contribution < 1.29 is 15.3 Å². The molecule has 0 radical (unpaired) electrons. The lowest BCUT2D eigenvalue weighted by molar-refractivity contribution is -0.0214. The van der Waals surface area contributed by atoms with Crippen molar-refractivity contribution in [2.24, 2.45) is 0 Å². The van der Waals surface area contributed by atoms with E-state index >= 15 is 0 Å². The van der Waals surface area contributed by atoms with Crippen LogP contribution in [0, 0.1) is 0 Å². The van der Waals surface area contributed by atoms with E-state index in [4.69, 9.17) is 10.2 Å². The summed E-state index contributed by atoms with van der Waals surface area (Å²) < 4.78 is 0. The van der Waals surface area contributed by atoms with Gasteiger partial charge in [0.25, 0.3) is 0 Å². The molecule has 0 aromatic heterocycles. The third kappa shape index (κ3) is 2.98. The second kappa shape index (κ2) is 6.11. The van der Waals surface area contributed by atoms with Crippen LogP contribution in [0.5, 0.6) is 0 Å². The predicted molar refractivity (Wildman–Crippen MR) is 64.8 cm³/mol. The fraction of sp³-hybridized carbons (Fsp3) is 1.00. The number of aliphatic hydroxyl groups excluding tert-OH is 3. The van der Waals surface area contributed by atoms with E-state index in [1.165, 1.54) is 6.42 Å². The molecule has 3 unspecified atom stereocenters. The van der Waals surface area contributed by atoms with Gasteiger partial charge in [0, 0.05) is 31.7 Å². The molecule has 2 heterocycles. The summed E-state index contributed by atoms with van der Waals surface area (Å²) in [7, 11) is 0. The summed E-state index contributed by atoms with van der Waals surface area (Å²) in [5, 5.41) is 28.2. The molecule has 0 aliphatic carbocycles. The van der Waals surface area contributed by atoms with E-state index < -0.39 is 0 Å². The summed E-state index contributed by atoms with van der Waals surface area (Å²) in [6, 6.07) is 0.606. The van der Waals surface area contributed by atoms with Gasteiger partial charge in [-0.1, -0.05) is 0 Å². The maximum Gasteiger partial charge on any atom is 0.0710 e. The Kier molecular flexibility index (Phi) is 4.76. The Morgan fingerprint density at radius 2 is 1.88 bits per heavy atom. The molecule has 2 saturated heterocycles. The van der Waals surface area contributed by atoms with Crippen LogP contribution in [0.3, 0.4) is 0 Å². The molecule has 0 spiro atoms. The minimum atomic E-state index is -0.254. The number of hydrogen-bond acceptors (Lipinski definition) is 5. The van der Waals surface area contributed by atoms with Crippen molar-refractivity contribution in [2.75, 3.05) is 39.4 Å². The Morgan fingerprint density at radius 1 is 1.18 bits per heavy atom. The maximum atomic E-state index is 10.1. The van der Waals surface area contributed by atoms with Gasteiger partial charge in [0.2, 0.25) is 0 Å². The Hall–Kier alpha value is -0.200. The number of aliphatic hydroxyl groups is 3. The first kappa shape index (κ1) is 13.2. The highest BCUT2D eigenvalue weighted by atomic mass is 16.3. The monoisotopic (exact) mass is 244 g/mol. The molecule has 3 N–H and O–H groups in total. The van der Waals surface area contributed by atoms with E-state index in [1.54, 1.807) is 0 Å². The molecular weight excluding hydrogens is 220 g/mol. The number of rotatable bonds is 5. The highest BCUT2D eigenvalue weighted by molar-refractivity contribution is 4.95. The molecule has 100 valence electrons. The zero-order valence-corrected chi connectivity index (χ0v) is 10.3. The van der Waals surface area contributed by atoms with Gasteiger partial charge in [-0.25, -0.2) is 0 Å². The van der Waals surface area contributed by atoms with Crippen molar-refractivity contribution in [2.45, 2.75) is 37.5 Å². The number of piperidine rings is 1.